The van der Waals surface area contributed by atoms with Crippen LogP contribution >= 0.6 is 27.7 Å². The monoisotopic (exact) mass is 316 g/mol. The Morgan fingerprint density at radius 3 is 2.88 bits per heavy atom. The normalized spacial score (nSPS) is 28.4. The Bertz CT molecular complexity index is 410. The fourth-order valence-corrected chi connectivity index (χ4v) is 4.10. The van der Waals surface area contributed by atoms with Gasteiger partial charge < -0.3 is 9.84 Å². The predicted octanol–water partition coefficient (Wildman–Crippen LogP) is 3.26. The van der Waals surface area contributed by atoms with E-state index in [1.54, 1.807) is 7.11 Å². The number of thioether (sulfide) groups is 1. The molecule has 1 aliphatic rings. The molecule has 1 aliphatic heterocycles. The Labute approximate surface area is 115 Å². The van der Waals surface area contributed by atoms with Crippen molar-refractivity contribution in [1.29, 1.82) is 0 Å². The van der Waals surface area contributed by atoms with E-state index in [9.17, 15) is 5.11 Å². The molecule has 2 rings (SSSR count). The molecule has 1 heterocycles. The van der Waals surface area contributed by atoms with Crippen molar-refractivity contribution in [2.24, 2.45) is 0 Å². The molecule has 0 spiro atoms. The van der Waals surface area contributed by atoms with Crippen molar-refractivity contribution >= 4 is 27.7 Å². The molecule has 17 heavy (non-hydrogen) atoms. The molecule has 2 nitrogen and oxygen atoms in total. The zero-order chi connectivity index (χ0) is 12.5. The van der Waals surface area contributed by atoms with E-state index in [1.807, 2.05) is 30.0 Å². The first kappa shape index (κ1) is 13.2. The lowest BCUT2D eigenvalue weighted by molar-refractivity contribution is 0.0464. The van der Waals surface area contributed by atoms with Crippen molar-refractivity contribution in [3.8, 4) is 5.75 Å². The molecule has 1 aromatic carbocycles. The number of benzene rings is 1. The van der Waals surface area contributed by atoms with Gasteiger partial charge in [0, 0.05) is 11.7 Å². The van der Waals surface area contributed by atoms with E-state index in [2.05, 4.69) is 22.9 Å². The number of hydrogen-bond acceptors (Lipinski definition) is 3. The highest BCUT2D eigenvalue weighted by Crippen LogP contribution is 2.38. The number of ether oxygens (including phenoxy) is 1. The van der Waals surface area contributed by atoms with Gasteiger partial charge in [-0.1, -0.05) is 13.0 Å². The molecule has 0 aromatic heterocycles. The first-order valence-electron chi connectivity index (χ1n) is 5.71. The molecule has 1 N–H and O–H groups in total. The second kappa shape index (κ2) is 5.21. The smallest absolute Gasteiger partial charge is 0.133 e. The van der Waals surface area contributed by atoms with Crippen molar-refractivity contribution in [2.75, 3.05) is 12.9 Å². The van der Waals surface area contributed by atoms with E-state index >= 15 is 0 Å². The Balaban J connectivity index is 2.16. The van der Waals surface area contributed by atoms with Crippen LogP contribution in [0.25, 0.3) is 0 Å². The van der Waals surface area contributed by atoms with E-state index in [0.29, 0.717) is 11.7 Å². The third-order valence-corrected chi connectivity index (χ3v) is 5.38. The van der Waals surface area contributed by atoms with Gasteiger partial charge in [-0.15, -0.1) is 0 Å². The Hall–Kier alpha value is -0.190. The van der Waals surface area contributed by atoms with Crippen LogP contribution in [0.5, 0.6) is 5.75 Å². The molecule has 1 fully saturated rings. The van der Waals surface area contributed by atoms with Gasteiger partial charge in [0.15, 0.2) is 0 Å². The highest BCUT2D eigenvalue weighted by molar-refractivity contribution is 9.10. The lowest BCUT2D eigenvalue weighted by atomic mass is 9.89. The molecule has 4 heteroatoms. The molecule has 0 amide bonds. The van der Waals surface area contributed by atoms with Gasteiger partial charge in [-0.3, -0.25) is 0 Å². The minimum Gasteiger partial charge on any atom is -0.496 e. The molecule has 2 atom stereocenters. The predicted molar refractivity (Wildman–Crippen MR) is 75.9 cm³/mol. The van der Waals surface area contributed by atoms with Crippen molar-refractivity contribution in [3.63, 3.8) is 0 Å². The summed E-state index contributed by atoms with van der Waals surface area (Å²) in [5, 5.41) is 10.9. The zero-order valence-electron chi connectivity index (χ0n) is 10.1. The van der Waals surface area contributed by atoms with Gasteiger partial charge in [-0.25, -0.2) is 0 Å². The van der Waals surface area contributed by atoms with Crippen LogP contribution in [0.4, 0.5) is 0 Å². The van der Waals surface area contributed by atoms with Crippen LogP contribution in [0.3, 0.4) is 0 Å². The number of halogens is 1. The lowest BCUT2D eigenvalue weighted by Crippen LogP contribution is -2.36. The zero-order valence-corrected chi connectivity index (χ0v) is 12.5. The summed E-state index contributed by atoms with van der Waals surface area (Å²) in [4.78, 5) is 0. The molecule has 1 saturated heterocycles. The van der Waals surface area contributed by atoms with Gasteiger partial charge >= 0.3 is 0 Å². The molecule has 1 aromatic rings. The maximum Gasteiger partial charge on any atom is 0.133 e. The average Bonchev–Trinajstić information content (AvgIpc) is 2.59. The SMILES string of the molecule is COc1ccc(CC2(O)CCSC2C)cc1Br. The summed E-state index contributed by atoms with van der Waals surface area (Å²) >= 11 is 5.33. The van der Waals surface area contributed by atoms with Crippen molar-refractivity contribution < 1.29 is 9.84 Å². The molecular formula is C13H17BrO2S. The maximum absolute atomic E-state index is 10.6. The molecular weight excluding hydrogens is 300 g/mol. The van der Waals surface area contributed by atoms with E-state index in [-0.39, 0.29) is 0 Å². The van der Waals surface area contributed by atoms with Crippen molar-refractivity contribution in [2.45, 2.75) is 30.6 Å². The minimum absolute atomic E-state index is 0.309. The Morgan fingerprint density at radius 1 is 1.59 bits per heavy atom. The Morgan fingerprint density at radius 2 is 2.35 bits per heavy atom. The van der Waals surface area contributed by atoms with Gasteiger partial charge in [0.1, 0.15) is 5.75 Å². The second-order valence-electron chi connectivity index (χ2n) is 4.51. The lowest BCUT2D eigenvalue weighted by Gasteiger charge is -2.27. The van der Waals surface area contributed by atoms with Crippen molar-refractivity contribution in [1.82, 2.24) is 0 Å². The highest BCUT2D eigenvalue weighted by Gasteiger charge is 2.38. The second-order valence-corrected chi connectivity index (χ2v) is 6.82. The van der Waals surface area contributed by atoms with Gasteiger partial charge in [0.2, 0.25) is 0 Å². The summed E-state index contributed by atoms with van der Waals surface area (Å²) in [7, 11) is 1.66. The van der Waals surface area contributed by atoms with Gasteiger partial charge in [-0.05, 0) is 45.8 Å². The number of hydrogen-bond donors (Lipinski definition) is 1. The minimum atomic E-state index is -0.557. The summed E-state index contributed by atoms with van der Waals surface area (Å²) < 4.78 is 6.15. The molecule has 2 unspecified atom stereocenters. The Kier molecular flexibility index (Phi) is 4.06. The molecule has 0 saturated carbocycles. The summed E-state index contributed by atoms with van der Waals surface area (Å²) in [6, 6.07) is 6.00. The van der Waals surface area contributed by atoms with Crippen LogP contribution in [-0.4, -0.2) is 28.8 Å². The first-order chi connectivity index (χ1) is 8.05. The average molecular weight is 317 g/mol. The molecule has 0 aliphatic carbocycles. The molecule has 94 valence electrons. The molecule has 0 bridgehead atoms. The fraction of sp³-hybridized carbons (Fsp3) is 0.538. The van der Waals surface area contributed by atoms with Crippen molar-refractivity contribution in [3.05, 3.63) is 28.2 Å². The fourth-order valence-electron chi connectivity index (χ4n) is 2.18. The number of methoxy groups -OCH3 is 1. The summed E-state index contributed by atoms with van der Waals surface area (Å²) in [5.41, 5.74) is 0.591. The summed E-state index contributed by atoms with van der Waals surface area (Å²) in [6.45, 7) is 2.11. The van der Waals surface area contributed by atoms with Crippen LogP contribution in [0.15, 0.2) is 22.7 Å². The topological polar surface area (TPSA) is 29.5 Å². The van der Waals surface area contributed by atoms with E-state index in [4.69, 9.17) is 4.74 Å². The molecule has 0 radical (unpaired) electrons. The van der Waals surface area contributed by atoms with Crippen LogP contribution in [0.2, 0.25) is 0 Å². The first-order valence-corrected chi connectivity index (χ1v) is 7.56. The van der Waals surface area contributed by atoms with Crippen LogP contribution < -0.4 is 4.74 Å². The standard InChI is InChI=1S/C13H17BrO2S/c1-9-13(15,5-6-17-9)8-10-3-4-12(16-2)11(14)7-10/h3-4,7,9,15H,5-6,8H2,1-2H3. The van der Waals surface area contributed by atoms with Gasteiger partial charge in [-0.2, -0.15) is 11.8 Å². The number of rotatable bonds is 3. The van der Waals surface area contributed by atoms with E-state index in [1.165, 1.54) is 0 Å². The van der Waals surface area contributed by atoms with Crippen LogP contribution in [0.1, 0.15) is 18.9 Å². The maximum atomic E-state index is 10.6. The van der Waals surface area contributed by atoms with Crippen LogP contribution in [0, 0.1) is 0 Å². The van der Waals surface area contributed by atoms with Gasteiger partial charge in [0.25, 0.3) is 0 Å². The largest absolute Gasteiger partial charge is 0.496 e. The summed E-state index contributed by atoms with van der Waals surface area (Å²) in [6.07, 6.45) is 1.59. The third kappa shape index (κ3) is 2.80. The van der Waals surface area contributed by atoms with Crippen LogP contribution in [-0.2, 0) is 6.42 Å². The highest BCUT2D eigenvalue weighted by atomic mass is 79.9. The quantitative estimate of drug-likeness (QED) is 0.928. The van der Waals surface area contributed by atoms with Gasteiger partial charge in [0.05, 0.1) is 17.2 Å². The summed E-state index contributed by atoms with van der Waals surface area (Å²) in [5.74, 6) is 1.88. The third-order valence-electron chi connectivity index (χ3n) is 3.39. The van der Waals surface area contributed by atoms with E-state index in [0.717, 1.165) is 28.0 Å². The number of aliphatic hydroxyl groups is 1. The van der Waals surface area contributed by atoms with E-state index < -0.39 is 5.60 Å².